The van der Waals surface area contributed by atoms with E-state index in [0.29, 0.717) is 10.6 Å². The van der Waals surface area contributed by atoms with Crippen LogP contribution in [0.25, 0.3) is 0 Å². The van der Waals surface area contributed by atoms with E-state index in [2.05, 4.69) is 17.6 Å². The molecular formula is C21H17ClN2O2S. The fourth-order valence-electron chi connectivity index (χ4n) is 3.09. The largest absolute Gasteiger partial charge is 0.277 e. The molecule has 0 bridgehead atoms. The third kappa shape index (κ3) is 3.72. The van der Waals surface area contributed by atoms with E-state index < -0.39 is 0 Å². The maximum absolute atomic E-state index is 12.1. The van der Waals surface area contributed by atoms with Gasteiger partial charge in [-0.2, -0.15) is 0 Å². The Bertz CT molecular complexity index is 994. The molecule has 4 nitrogen and oxygen atoms in total. The van der Waals surface area contributed by atoms with E-state index in [-0.39, 0.29) is 5.91 Å². The van der Waals surface area contributed by atoms with Gasteiger partial charge in [-0.1, -0.05) is 47.6 Å². The summed E-state index contributed by atoms with van der Waals surface area (Å²) in [5, 5.41) is 0.689. The summed E-state index contributed by atoms with van der Waals surface area (Å²) >= 11 is 7.78. The van der Waals surface area contributed by atoms with Crippen molar-refractivity contribution < 1.29 is 9.63 Å². The Morgan fingerprint density at radius 1 is 1.22 bits per heavy atom. The van der Waals surface area contributed by atoms with E-state index in [1.165, 1.54) is 12.0 Å². The number of nitrogens with zero attached hydrogens (tertiary/aromatic N) is 1. The van der Waals surface area contributed by atoms with E-state index in [4.69, 9.17) is 21.4 Å². The molecule has 0 spiro atoms. The lowest BCUT2D eigenvalue weighted by Crippen LogP contribution is -2.21. The second kappa shape index (κ2) is 7.72. The fraction of sp³-hybridized carbons (Fsp3) is 0.143. The number of amides is 1. The summed E-state index contributed by atoms with van der Waals surface area (Å²) in [6, 6.07) is 13.2. The van der Waals surface area contributed by atoms with Crippen molar-refractivity contribution in [2.45, 2.75) is 17.7 Å². The molecule has 0 aromatic heterocycles. The number of carbonyl (C=O) groups excluding carboxylic acids is 1. The predicted octanol–water partition coefficient (Wildman–Crippen LogP) is 5.46. The quantitative estimate of drug-likeness (QED) is 0.700. The Balaban J connectivity index is 1.86. The lowest BCUT2D eigenvalue weighted by atomic mass is 9.97. The average Bonchev–Trinajstić information content (AvgIpc) is 2.85. The first-order valence-electron chi connectivity index (χ1n) is 8.55. The van der Waals surface area contributed by atoms with Gasteiger partial charge in [0.2, 0.25) is 0 Å². The molecule has 27 heavy (non-hydrogen) atoms. The Kier molecular flexibility index (Phi) is 5.16. The molecule has 0 radical (unpaired) electrons. The van der Waals surface area contributed by atoms with Gasteiger partial charge in [0.25, 0.3) is 5.91 Å². The number of thioether (sulfide) groups is 1. The summed E-state index contributed by atoms with van der Waals surface area (Å²) in [5.74, 6) is -0.296. The van der Waals surface area contributed by atoms with Crippen molar-refractivity contribution in [3.63, 3.8) is 0 Å². The minimum Gasteiger partial charge on any atom is -0.277 e. The Morgan fingerprint density at radius 3 is 2.81 bits per heavy atom. The number of aliphatic imine (C=N–C) groups is 1. The molecule has 0 atom stereocenters. The van der Waals surface area contributed by atoms with Gasteiger partial charge in [-0.3, -0.25) is 9.63 Å². The Hall–Kier alpha value is -2.34. The maximum atomic E-state index is 12.1. The summed E-state index contributed by atoms with van der Waals surface area (Å²) in [6.45, 7) is 0. The fourth-order valence-corrected chi connectivity index (χ4v) is 4.32. The molecule has 0 saturated heterocycles. The first-order valence-corrected chi connectivity index (χ1v) is 9.75. The van der Waals surface area contributed by atoms with Crippen LogP contribution in [-0.4, -0.2) is 18.7 Å². The van der Waals surface area contributed by atoms with Crippen molar-refractivity contribution in [2.24, 2.45) is 4.99 Å². The van der Waals surface area contributed by atoms with Crippen LogP contribution in [-0.2, 0) is 4.84 Å². The van der Waals surface area contributed by atoms with Crippen LogP contribution in [0.1, 0.15) is 28.8 Å². The second-order valence-corrected chi connectivity index (χ2v) is 7.74. The number of carbonyl (C=O) groups is 1. The van der Waals surface area contributed by atoms with Crippen LogP contribution >= 0.6 is 23.4 Å². The second-order valence-electron chi connectivity index (χ2n) is 6.17. The van der Waals surface area contributed by atoms with Gasteiger partial charge in [0, 0.05) is 26.6 Å². The van der Waals surface area contributed by atoms with Crippen LogP contribution < -0.4 is 5.48 Å². The van der Waals surface area contributed by atoms with E-state index in [1.54, 1.807) is 23.9 Å². The Labute approximate surface area is 166 Å². The minimum absolute atomic E-state index is 0.296. The molecule has 0 saturated carbocycles. The number of hydrogen-bond donors (Lipinski definition) is 1. The predicted molar refractivity (Wildman–Crippen MR) is 110 cm³/mol. The number of halogens is 1. The molecule has 0 fully saturated rings. The highest BCUT2D eigenvalue weighted by Gasteiger charge is 2.22. The molecule has 1 heterocycles. The van der Waals surface area contributed by atoms with Gasteiger partial charge in [-0.25, -0.2) is 10.5 Å². The first-order chi connectivity index (χ1) is 13.2. The summed E-state index contributed by atoms with van der Waals surface area (Å²) in [4.78, 5) is 24.1. The number of hydrogen-bond acceptors (Lipinski definition) is 4. The minimum atomic E-state index is -0.296. The van der Waals surface area contributed by atoms with Crippen LogP contribution in [0.4, 0.5) is 5.69 Å². The third-order valence-corrected chi connectivity index (χ3v) is 5.86. The molecule has 6 heteroatoms. The highest BCUT2D eigenvalue weighted by Crippen LogP contribution is 2.44. The molecular weight excluding hydrogens is 380 g/mol. The first kappa shape index (κ1) is 18.0. The van der Waals surface area contributed by atoms with Gasteiger partial charge in [-0.05, 0) is 48.1 Å². The van der Waals surface area contributed by atoms with Crippen molar-refractivity contribution >= 4 is 40.7 Å². The topological polar surface area (TPSA) is 50.7 Å². The maximum Gasteiger partial charge on any atom is 0.274 e. The van der Waals surface area contributed by atoms with Crippen LogP contribution in [0.5, 0.6) is 0 Å². The zero-order chi connectivity index (χ0) is 18.8. The van der Waals surface area contributed by atoms with Crippen molar-refractivity contribution in [3.8, 4) is 0 Å². The van der Waals surface area contributed by atoms with E-state index in [1.807, 2.05) is 30.3 Å². The summed E-state index contributed by atoms with van der Waals surface area (Å²) < 4.78 is 0. The smallest absolute Gasteiger partial charge is 0.274 e. The SMILES string of the molecule is CONC(=O)c1ccc2c(c1)N=C(c1ccc(Cl)cc1)C1=C(CCC=C1)S2. The molecule has 1 aliphatic heterocycles. The van der Waals surface area contributed by atoms with Crippen LogP contribution in [0, 0.1) is 0 Å². The van der Waals surface area contributed by atoms with Gasteiger partial charge in [0.05, 0.1) is 18.5 Å². The number of nitrogens with one attached hydrogen (secondary N) is 1. The number of benzene rings is 2. The normalized spacial score (nSPS) is 15.6. The van der Waals surface area contributed by atoms with Gasteiger partial charge in [-0.15, -0.1) is 0 Å². The van der Waals surface area contributed by atoms with Gasteiger partial charge in [0.15, 0.2) is 0 Å². The van der Waals surface area contributed by atoms with Crippen molar-refractivity contribution in [2.75, 3.05) is 7.11 Å². The molecule has 4 rings (SSSR count). The lowest BCUT2D eigenvalue weighted by molar-refractivity contribution is 0.0537. The molecule has 2 aromatic carbocycles. The Morgan fingerprint density at radius 2 is 2.04 bits per heavy atom. The van der Waals surface area contributed by atoms with E-state index in [0.717, 1.165) is 40.3 Å². The van der Waals surface area contributed by atoms with Crippen LogP contribution in [0.3, 0.4) is 0 Å². The summed E-state index contributed by atoms with van der Waals surface area (Å²) in [6.07, 6.45) is 6.32. The average molecular weight is 397 g/mol. The molecule has 1 aliphatic carbocycles. The van der Waals surface area contributed by atoms with Gasteiger partial charge >= 0.3 is 0 Å². The highest BCUT2D eigenvalue weighted by atomic mass is 35.5. The number of allylic oxidation sites excluding steroid dienone is 4. The summed E-state index contributed by atoms with van der Waals surface area (Å²) in [7, 11) is 1.41. The van der Waals surface area contributed by atoms with Crippen LogP contribution in [0.2, 0.25) is 5.02 Å². The van der Waals surface area contributed by atoms with Crippen molar-refractivity contribution in [1.29, 1.82) is 0 Å². The van der Waals surface area contributed by atoms with Crippen molar-refractivity contribution in [1.82, 2.24) is 5.48 Å². The third-order valence-electron chi connectivity index (χ3n) is 4.38. The van der Waals surface area contributed by atoms with Gasteiger partial charge in [0.1, 0.15) is 0 Å². The van der Waals surface area contributed by atoms with E-state index in [9.17, 15) is 4.79 Å². The number of fused-ring (bicyclic) bond motifs is 1. The van der Waals surface area contributed by atoms with E-state index >= 15 is 0 Å². The zero-order valence-corrected chi connectivity index (χ0v) is 16.2. The molecule has 2 aliphatic rings. The highest BCUT2D eigenvalue weighted by molar-refractivity contribution is 8.03. The molecule has 1 amide bonds. The number of rotatable bonds is 3. The molecule has 0 unspecified atom stereocenters. The summed E-state index contributed by atoms with van der Waals surface area (Å²) in [5.41, 5.74) is 6.66. The standard InChI is InChI=1S/C21H17ClN2O2S/c1-26-24-21(25)14-8-11-19-17(12-14)23-20(13-6-9-15(22)10-7-13)16-4-2-3-5-18(16)27-19/h2,4,6-12H,3,5H2,1H3,(H,24,25). The zero-order valence-electron chi connectivity index (χ0n) is 14.7. The van der Waals surface area contributed by atoms with Gasteiger partial charge < -0.3 is 0 Å². The molecule has 1 N–H and O–H groups in total. The number of hydroxylamine groups is 1. The van der Waals surface area contributed by atoms with Crippen molar-refractivity contribution in [3.05, 3.63) is 81.2 Å². The lowest BCUT2D eigenvalue weighted by Gasteiger charge is -2.15. The molecule has 2 aromatic rings. The monoisotopic (exact) mass is 396 g/mol. The van der Waals surface area contributed by atoms with Crippen LogP contribution in [0.15, 0.2) is 75.0 Å². The molecule has 136 valence electrons.